The average Bonchev–Trinajstić information content (AvgIpc) is 2.01. The minimum atomic E-state index is -4.21. The highest BCUT2D eigenvalue weighted by molar-refractivity contribution is 5.28. The van der Waals surface area contributed by atoms with Crippen LogP contribution in [0.25, 0.3) is 0 Å². The van der Waals surface area contributed by atoms with Crippen LogP contribution >= 0.6 is 0 Å². The van der Waals surface area contributed by atoms with Crippen molar-refractivity contribution in [2.75, 3.05) is 0 Å². The minimum absolute atomic E-state index is 0.560. The Balaban J connectivity index is 2.80. The molecule has 1 aromatic rings. The van der Waals surface area contributed by atoms with Gasteiger partial charge in [0.2, 0.25) is 0 Å². The van der Waals surface area contributed by atoms with E-state index in [1.807, 2.05) is 0 Å². The molecule has 0 aromatic heterocycles. The lowest BCUT2D eigenvalue weighted by Crippen LogP contribution is -2.20. The second-order valence-electron chi connectivity index (χ2n) is 3.28. The fourth-order valence-corrected chi connectivity index (χ4v) is 1.36. The van der Waals surface area contributed by atoms with Gasteiger partial charge in [0, 0.05) is 6.04 Å². The van der Waals surface area contributed by atoms with Crippen molar-refractivity contribution < 1.29 is 13.2 Å². The Morgan fingerprint density at radius 2 is 1.86 bits per heavy atom. The smallest absolute Gasteiger partial charge is 0.324 e. The second-order valence-corrected chi connectivity index (χ2v) is 3.28. The minimum Gasteiger partial charge on any atom is -0.324 e. The van der Waals surface area contributed by atoms with Crippen LogP contribution in [-0.4, -0.2) is 6.18 Å². The van der Waals surface area contributed by atoms with Crippen molar-refractivity contribution in [2.45, 2.75) is 25.6 Å². The summed E-state index contributed by atoms with van der Waals surface area (Å²) in [7, 11) is 0. The summed E-state index contributed by atoms with van der Waals surface area (Å²) in [5.41, 5.74) is 6.82. The van der Waals surface area contributed by atoms with Gasteiger partial charge in [0.15, 0.2) is 0 Å². The Morgan fingerprint density at radius 3 is 2.36 bits per heavy atom. The van der Waals surface area contributed by atoms with Gasteiger partial charge in [-0.25, -0.2) is 0 Å². The fourth-order valence-electron chi connectivity index (χ4n) is 1.36. The van der Waals surface area contributed by atoms with E-state index >= 15 is 0 Å². The van der Waals surface area contributed by atoms with Crippen molar-refractivity contribution in [2.24, 2.45) is 5.73 Å². The summed E-state index contributed by atoms with van der Waals surface area (Å²) in [6.45, 7) is 1.76. The molecule has 1 aromatic carbocycles. The normalized spacial score (nSPS) is 14.1. The average molecular weight is 203 g/mol. The van der Waals surface area contributed by atoms with Crippen LogP contribution in [0.2, 0.25) is 0 Å². The van der Waals surface area contributed by atoms with E-state index in [9.17, 15) is 13.2 Å². The Bertz CT molecular complexity index is 306. The third kappa shape index (κ3) is 3.03. The SMILES string of the molecule is Cc1ccccc1[C@@H](N)CC(F)(F)F. The van der Waals surface area contributed by atoms with Crippen LogP contribution in [0.1, 0.15) is 23.6 Å². The standard InChI is InChI=1S/C10H12F3N/c1-7-4-2-3-5-8(7)9(14)6-10(11,12)13/h2-5,9H,6,14H2,1H3/t9-/m0/s1. The van der Waals surface area contributed by atoms with Gasteiger partial charge in [0.1, 0.15) is 0 Å². The molecule has 0 unspecified atom stereocenters. The molecule has 0 heterocycles. The van der Waals surface area contributed by atoms with Crippen molar-refractivity contribution in [3.8, 4) is 0 Å². The molecule has 0 aliphatic heterocycles. The summed E-state index contributed by atoms with van der Waals surface area (Å²) in [6, 6.07) is 5.89. The number of halogens is 3. The molecule has 1 nitrogen and oxygen atoms in total. The summed E-state index contributed by atoms with van der Waals surface area (Å²) in [6.07, 6.45) is -5.18. The molecule has 0 saturated heterocycles. The van der Waals surface area contributed by atoms with E-state index in [-0.39, 0.29) is 0 Å². The molecule has 1 rings (SSSR count). The molecular formula is C10H12F3N. The van der Waals surface area contributed by atoms with Gasteiger partial charge in [-0.05, 0) is 18.1 Å². The molecule has 0 aliphatic rings. The number of aryl methyl sites for hydroxylation is 1. The Morgan fingerprint density at radius 1 is 1.29 bits per heavy atom. The first-order valence-electron chi connectivity index (χ1n) is 4.28. The topological polar surface area (TPSA) is 26.0 Å². The molecule has 4 heteroatoms. The van der Waals surface area contributed by atoms with E-state index in [1.165, 1.54) is 0 Å². The number of hydrogen-bond donors (Lipinski definition) is 1. The molecule has 0 fully saturated rings. The van der Waals surface area contributed by atoms with Gasteiger partial charge >= 0.3 is 6.18 Å². The van der Waals surface area contributed by atoms with Crippen molar-refractivity contribution in [3.05, 3.63) is 35.4 Å². The van der Waals surface area contributed by atoms with E-state index in [0.29, 0.717) is 5.56 Å². The van der Waals surface area contributed by atoms with Crippen molar-refractivity contribution in [3.63, 3.8) is 0 Å². The maximum atomic E-state index is 12.0. The van der Waals surface area contributed by atoms with Gasteiger partial charge in [0.05, 0.1) is 6.42 Å². The Hall–Kier alpha value is -1.03. The summed E-state index contributed by atoms with van der Waals surface area (Å²) in [5, 5.41) is 0. The number of nitrogens with two attached hydrogens (primary N) is 1. The molecule has 0 amide bonds. The zero-order valence-corrected chi connectivity index (χ0v) is 7.81. The zero-order valence-electron chi connectivity index (χ0n) is 7.81. The summed E-state index contributed by atoms with van der Waals surface area (Å²) >= 11 is 0. The van der Waals surface area contributed by atoms with Crippen LogP contribution in [0.3, 0.4) is 0 Å². The Kier molecular flexibility index (Phi) is 3.16. The molecule has 78 valence electrons. The van der Waals surface area contributed by atoms with Crippen LogP contribution in [0.5, 0.6) is 0 Å². The summed E-state index contributed by atoms with van der Waals surface area (Å²) in [4.78, 5) is 0. The Labute approximate surface area is 80.7 Å². The van der Waals surface area contributed by atoms with Gasteiger partial charge in [-0.3, -0.25) is 0 Å². The maximum Gasteiger partial charge on any atom is 0.390 e. The van der Waals surface area contributed by atoms with Gasteiger partial charge in [0.25, 0.3) is 0 Å². The third-order valence-electron chi connectivity index (χ3n) is 2.04. The molecule has 14 heavy (non-hydrogen) atoms. The lowest BCUT2D eigenvalue weighted by Gasteiger charge is -2.16. The van der Waals surface area contributed by atoms with Crippen molar-refractivity contribution >= 4 is 0 Å². The van der Waals surface area contributed by atoms with Gasteiger partial charge in [-0.15, -0.1) is 0 Å². The number of rotatable bonds is 2. The third-order valence-corrected chi connectivity index (χ3v) is 2.04. The maximum absolute atomic E-state index is 12.0. The lowest BCUT2D eigenvalue weighted by molar-refractivity contribution is -0.138. The molecule has 1 atom stereocenters. The van der Waals surface area contributed by atoms with E-state index < -0.39 is 18.6 Å². The second kappa shape index (κ2) is 4.00. The molecule has 0 spiro atoms. The van der Waals surface area contributed by atoms with Crippen LogP contribution in [0.15, 0.2) is 24.3 Å². The predicted octanol–water partition coefficient (Wildman–Crippen LogP) is 2.95. The van der Waals surface area contributed by atoms with E-state index in [2.05, 4.69) is 0 Å². The highest BCUT2D eigenvalue weighted by atomic mass is 19.4. The van der Waals surface area contributed by atoms with Crippen LogP contribution < -0.4 is 5.73 Å². The van der Waals surface area contributed by atoms with E-state index in [4.69, 9.17) is 5.73 Å². The molecule has 0 bridgehead atoms. The molecule has 2 N–H and O–H groups in total. The van der Waals surface area contributed by atoms with Gasteiger partial charge in [-0.2, -0.15) is 13.2 Å². The van der Waals surface area contributed by atoms with E-state index in [1.54, 1.807) is 31.2 Å². The quantitative estimate of drug-likeness (QED) is 0.785. The monoisotopic (exact) mass is 203 g/mol. The molecule has 0 saturated carbocycles. The first-order valence-corrected chi connectivity index (χ1v) is 4.28. The molecular weight excluding hydrogens is 191 g/mol. The highest BCUT2D eigenvalue weighted by Gasteiger charge is 2.31. The number of hydrogen-bond acceptors (Lipinski definition) is 1. The number of alkyl halides is 3. The van der Waals surface area contributed by atoms with Crippen LogP contribution in [0.4, 0.5) is 13.2 Å². The molecule has 0 aliphatic carbocycles. The van der Waals surface area contributed by atoms with E-state index in [0.717, 1.165) is 5.56 Å². The van der Waals surface area contributed by atoms with Crippen LogP contribution in [-0.2, 0) is 0 Å². The van der Waals surface area contributed by atoms with Crippen molar-refractivity contribution in [1.82, 2.24) is 0 Å². The first-order chi connectivity index (χ1) is 6.40. The molecule has 0 radical (unpaired) electrons. The summed E-state index contributed by atoms with van der Waals surface area (Å²) in [5.74, 6) is 0. The predicted molar refractivity (Wildman–Crippen MR) is 48.8 cm³/mol. The number of benzene rings is 1. The van der Waals surface area contributed by atoms with Gasteiger partial charge in [-0.1, -0.05) is 24.3 Å². The fraction of sp³-hybridized carbons (Fsp3) is 0.400. The zero-order chi connectivity index (χ0) is 10.8. The van der Waals surface area contributed by atoms with Crippen molar-refractivity contribution in [1.29, 1.82) is 0 Å². The summed E-state index contributed by atoms with van der Waals surface area (Å²) < 4.78 is 36.1. The first kappa shape index (κ1) is 11.0. The van der Waals surface area contributed by atoms with Gasteiger partial charge < -0.3 is 5.73 Å². The van der Waals surface area contributed by atoms with Crippen LogP contribution in [0, 0.1) is 6.92 Å². The largest absolute Gasteiger partial charge is 0.390 e. The lowest BCUT2D eigenvalue weighted by atomic mass is 9.99. The highest BCUT2D eigenvalue weighted by Crippen LogP contribution is 2.28.